The van der Waals surface area contributed by atoms with Gasteiger partial charge in [0.2, 0.25) is 5.16 Å². The number of rotatable bonds is 7. The largest absolute Gasteiger partial charge is 0.313 e. The van der Waals surface area contributed by atoms with E-state index in [0.717, 1.165) is 36.0 Å². The molecule has 0 aliphatic carbocycles. The maximum absolute atomic E-state index is 6.10. The predicted octanol–water partition coefficient (Wildman–Crippen LogP) is 2.79. The van der Waals surface area contributed by atoms with Crippen molar-refractivity contribution in [3.05, 3.63) is 33.8 Å². The summed E-state index contributed by atoms with van der Waals surface area (Å²) >= 11 is 13.6. The van der Waals surface area contributed by atoms with Crippen LogP contribution in [0.2, 0.25) is 10.0 Å². The molecular formula is C12H15Cl2N5S. The molecule has 0 aliphatic rings. The van der Waals surface area contributed by atoms with Gasteiger partial charge in [0, 0.05) is 29.4 Å². The highest BCUT2D eigenvalue weighted by Crippen LogP contribution is 2.20. The predicted molar refractivity (Wildman–Crippen MR) is 82.3 cm³/mol. The van der Waals surface area contributed by atoms with Gasteiger partial charge in [-0.15, -0.1) is 5.10 Å². The third-order valence-corrected chi connectivity index (χ3v) is 4.32. The molecule has 108 valence electrons. The molecule has 0 saturated heterocycles. The van der Waals surface area contributed by atoms with Crippen LogP contribution in [0.5, 0.6) is 0 Å². The summed E-state index contributed by atoms with van der Waals surface area (Å²) < 4.78 is 1.67. The van der Waals surface area contributed by atoms with Crippen molar-refractivity contribution in [3.8, 4) is 0 Å². The van der Waals surface area contributed by atoms with Gasteiger partial charge in [0.05, 0.1) is 0 Å². The second-order valence-corrected chi connectivity index (χ2v) is 6.11. The van der Waals surface area contributed by atoms with Crippen molar-refractivity contribution < 1.29 is 0 Å². The highest BCUT2D eigenvalue weighted by atomic mass is 35.5. The van der Waals surface area contributed by atoms with Crippen LogP contribution in [0.3, 0.4) is 0 Å². The zero-order valence-corrected chi connectivity index (χ0v) is 13.3. The SMILES string of the molecule is Cn1nnnc1SCCCNCc1ccc(Cl)cc1Cl. The van der Waals surface area contributed by atoms with E-state index < -0.39 is 0 Å². The van der Waals surface area contributed by atoms with Crippen molar-refractivity contribution in [1.29, 1.82) is 0 Å². The van der Waals surface area contributed by atoms with Gasteiger partial charge in [0.1, 0.15) is 0 Å². The first kappa shape index (κ1) is 15.6. The van der Waals surface area contributed by atoms with Gasteiger partial charge in [0.25, 0.3) is 0 Å². The zero-order chi connectivity index (χ0) is 14.4. The molecule has 1 aromatic heterocycles. The van der Waals surface area contributed by atoms with Gasteiger partial charge in [-0.1, -0.05) is 41.0 Å². The lowest BCUT2D eigenvalue weighted by atomic mass is 10.2. The van der Waals surface area contributed by atoms with Gasteiger partial charge in [-0.2, -0.15) is 0 Å². The topological polar surface area (TPSA) is 55.6 Å². The fourth-order valence-corrected chi connectivity index (χ4v) is 2.86. The maximum Gasteiger partial charge on any atom is 0.209 e. The number of tetrazole rings is 1. The van der Waals surface area contributed by atoms with Gasteiger partial charge >= 0.3 is 0 Å². The molecule has 2 aromatic rings. The number of benzene rings is 1. The summed E-state index contributed by atoms with van der Waals surface area (Å²) in [5.74, 6) is 0.968. The molecule has 1 heterocycles. The second kappa shape index (κ2) is 7.83. The van der Waals surface area contributed by atoms with E-state index >= 15 is 0 Å². The summed E-state index contributed by atoms with van der Waals surface area (Å²) in [7, 11) is 1.84. The second-order valence-electron chi connectivity index (χ2n) is 4.20. The van der Waals surface area contributed by atoms with E-state index in [1.165, 1.54) is 0 Å². The quantitative estimate of drug-likeness (QED) is 0.624. The van der Waals surface area contributed by atoms with Crippen LogP contribution < -0.4 is 5.32 Å². The zero-order valence-electron chi connectivity index (χ0n) is 11.0. The molecule has 0 unspecified atom stereocenters. The molecule has 0 aliphatic heterocycles. The number of nitrogens with one attached hydrogen (secondary N) is 1. The number of halogens is 2. The molecule has 0 spiro atoms. The van der Waals surface area contributed by atoms with E-state index in [1.807, 2.05) is 19.2 Å². The third-order valence-electron chi connectivity index (χ3n) is 2.64. The Morgan fingerprint density at radius 1 is 1.35 bits per heavy atom. The molecule has 0 fully saturated rings. The fraction of sp³-hybridized carbons (Fsp3) is 0.417. The summed E-state index contributed by atoms with van der Waals surface area (Å²) in [6, 6.07) is 5.55. The Hall–Kier alpha value is -0.820. The van der Waals surface area contributed by atoms with Crippen molar-refractivity contribution in [3.63, 3.8) is 0 Å². The Bertz CT molecular complexity index is 561. The summed E-state index contributed by atoms with van der Waals surface area (Å²) in [4.78, 5) is 0. The Labute approximate surface area is 132 Å². The van der Waals surface area contributed by atoms with E-state index in [2.05, 4.69) is 20.8 Å². The summed E-state index contributed by atoms with van der Waals surface area (Å²) in [5.41, 5.74) is 1.06. The third kappa shape index (κ3) is 4.63. The molecule has 0 saturated carbocycles. The molecule has 5 nitrogen and oxygen atoms in total. The van der Waals surface area contributed by atoms with Crippen LogP contribution in [0.1, 0.15) is 12.0 Å². The Morgan fingerprint density at radius 2 is 2.20 bits per heavy atom. The molecule has 20 heavy (non-hydrogen) atoms. The molecular weight excluding hydrogens is 317 g/mol. The lowest BCUT2D eigenvalue weighted by Gasteiger charge is -2.06. The van der Waals surface area contributed by atoms with E-state index in [-0.39, 0.29) is 0 Å². The average Bonchev–Trinajstić information content (AvgIpc) is 2.81. The molecule has 8 heteroatoms. The number of thioether (sulfide) groups is 1. The van der Waals surface area contributed by atoms with Crippen molar-refractivity contribution in [2.24, 2.45) is 7.05 Å². The molecule has 1 aromatic carbocycles. The fourth-order valence-electron chi connectivity index (χ4n) is 1.59. The Balaban J connectivity index is 1.63. The highest BCUT2D eigenvalue weighted by Gasteiger charge is 2.03. The number of hydrogen-bond donors (Lipinski definition) is 1. The van der Waals surface area contributed by atoms with Gasteiger partial charge in [-0.3, -0.25) is 0 Å². The molecule has 0 amide bonds. The molecule has 0 atom stereocenters. The van der Waals surface area contributed by atoms with Crippen LogP contribution in [0, 0.1) is 0 Å². The van der Waals surface area contributed by atoms with Gasteiger partial charge in [-0.25, -0.2) is 4.68 Å². The maximum atomic E-state index is 6.10. The molecule has 0 radical (unpaired) electrons. The van der Waals surface area contributed by atoms with Crippen molar-refractivity contribution in [2.75, 3.05) is 12.3 Å². The van der Waals surface area contributed by atoms with Crippen molar-refractivity contribution in [1.82, 2.24) is 25.5 Å². The lowest BCUT2D eigenvalue weighted by molar-refractivity contribution is 0.661. The number of aromatic nitrogens is 4. The van der Waals surface area contributed by atoms with Crippen LogP contribution in [0.4, 0.5) is 0 Å². The minimum absolute atomic E-state index is 0.660. The first-order valence-corrected chi connectivity index (χ1v) is 7.91. The molecule has 2 rings (SSSR count). The molecule has 1 N–H and O–H groups in total. The van der Waals surface area contributed by atoms with Crippen LogP contribution >= 0.6 is 35.0 Å². The van der Waals surface area contributed by atoms with Crippen LogP contribution in [0.15, 0.2) is 23.4 Å². The average molecular weight is 332 g/mol. The number of hydrogen-bond acceptors (Lipinski definition) is 5. The molecule has 0 bridgehead atoms. The first-order chi connectivity index (χ1) is 9.66. The summed E-state index contributed by atoms with van der Waals surface area (Å²) in [6.45, 7) is 1.66. The smallest absolute Gasteiger partial charge is 0.209 e. The standard InChI is InChI=1S/C12H15Cl2N5S/c1-19-12(16-17-18-19)20-6-2-5-15-8-9-3-4-10(13)7-11(9)14/h3-4,7,15H,2,5-6,8H2,1H3. The van der Waals surface area contributed by atoms with E-state index in [9.17, 15) is 0 Å². The van der Waals surface area contributed by atoms with Crippen molar-refractivity contribution >= 4 is 35.0 Å². The van der Waals surface area contributed by atoms with E-state index in [1.54, 1.807) is 22.5 Å². The summed E-state index contributed by atoms with van der Waals surface area (Å²) in [6.07, 6.45) is 1.03. The van der Waals surface area contributed by atoms with Gasteiger partial charge in [0.15, 0.2) is 0 Å². The van der Waals surface area contributed by atoms with Gasteiger partial charge in [-0.05, 0) is 41.1 Å². The van der Waals surface area contributed by atoms with E-state index in [4.69, 9.17) is 23.2 Å². The van der Waals surface area contributed by atoms with Crippen molar-refractivity contribution in [2.45, 2.75) is 18.1 Å². The van der Waals surface area contributed by atoms with Crippen LogP contribution in [-0.4, -0.2) is 32.5 Å². The van der Waals surface area contributed by atoms with Crippen LogP contribution in [0.25, 0.3) is 0 Å². The normalized spacial score (nSPS) is 10.9. The monoisotopic (exact) mass is 331 g/mol. The number of nitrogens with zero attached hydrogens (tertiary/aromatic N) is 4. The number of aryl methyl sites for hydroxylation is 1. The first-order valence-electron chi connectivity index (χ1n) is 6.16. The Morgan fingerprint density at radius 3 is 2.90 bits per heavy atom. The van der Waals surface area contributed by atoms with E-state index in [0.29, 0.717) is 10.0 Å². The Kier molecular flexibility index (Phi) is 6.09. The summed E-state index contributed by atoms with van der Waals surface area (Å²) in [5, 5.41) is 16.8. The van der Waals surface area contributed by atoms with Crippen LogP contribution in [-0.2, 0) is 13.6 Å². The minimum Gasteiger partial charge on any atom is -0.313 e. The minimum atomic E-state index is 0.660. The lowest BCUT2D eigenvalue weighted by Crippen LogP contribution is -2.15. The highest BCUT2D eigenvalue weighted by molar-refractivity contribution is 7.99. The van der Waals surface area contributed by atoms with Gasteiger partial charge < -0.3 is 5.32 Å².